The fourth-order valence-corrected chi connectivity index (χ4v) is 10.0. The van der Waals surface area contributed by atoms with Crippen molar-refractivity contribution in [3.63, 3.8) is 0 Å². The number of quaternary nitrogens is 1. The average molecular weight is 1140 g/mol. The molecule has 0 amide bonds. The molecule has 0 saturated heterocycles. The number of allylic oxidation sites excluding steroid dienone is 14. The van der Waals surface area contributed by atoms with Crippen LogP contribution in [0.15, 0.2) is 85.1 Å². The molecule has 0 bridgehead atoms. The van der Waals surface area contributed by atoms with E-state index >= 15 is 0 Å². The van der Waals surface area contributed by atoms with Crippen LogP contribution in [0.5, 0.6) is 0 Å². The van der Waals surface area contributed by atoms with E-state index in [0.29, 0.717) is 17.4 Å². The van der Waals surface area contributed by atoms with Gasteiger partial charge in [0.15, 0.2) is 6.10 Å². The summed E-state index contributed by atoms with van der Waals surface area (Å²) in [5, 5.41) is 0. The first-order valence-electron chi connectivity index (χ1n) is 33.3. The van der Waals surface area contributed by atoms with E-state index in [1.165, 1.54) is 186 Å². The number of hydrogen-bond donors (Lipinski definition) is 0. The molecular weight excluding hydrogens is 1010 g/mol. The minimum atomic E-state index is -4.64. The molecule has 0 aliphatic heterocycles. The van der Waals surface area contributed by atoms with E-state index in [0.717, 1.165) is 77.0 Å². The third kappa shape index (κ3) is 64.4. The first kappa shape index (κ1) is 77.2. The highest BCUT2D eigenvalue weighted by molar-refractivity contribution is 7.45. The third-order valence-corrected chi connectivity index (χ3v) is 15.4. The van der Waals surface area contributed by atoms with Crippen molar-refractivity contribution >= 4 is 19.8 Å². The quantitative estimate of drug-likeness (QED) is 0.0195. The van der Waals surface area contributed by atoms with Crippen molar-refractivity contribution in [2.45, 2.75) is 302 Å². The van der Waals surface area contributed by atoms with Crippen LogP contribution in [0.2, 0.25) is 0 Å². The Kier molecular flexibility index (Phi) is 58.6. The summed E-state index contributed by atoms with van der Waals surface area (Å²) in [6.07, 6.45) is 82.2. The fraction of sp³-hybridized carbons (Fsp3) is 0.771. The van der Waals surface area contributed by atoms with Gasteiger partial charge in [-0.1, -0.05) is 279 Å². The van der Waals surface area contributed by atoms with Crippen LogP contribution in [0.4, 0.5) is 0 Å². The Hall–Kier alpha value is -2.81. The van der Waals surface area contributed by atoms with Gasteiger partial charge in [0.2, 0.25) is 0 Å². The molecule has 464 valence electrons. The number of carbonyl (C=O) groups excluding carboxylic acids is 2. The highest BCUT2D eigenvalue weighted by Crippen LogP contribution is 2.38. The third-order valence-electron chi connectivity index (χ3n) is 14.4. The molecule has 0 aromatic rings. The molecule has 0 saturated carbocycles. The van der Waals surface area contributed by atoms with Crippen LogP contribution in [0, 0.1) is 0 Å². The van der Waals surface area contributed by atoms with Gasteiger partial charge in [-0.3, -0.25) is 14.2 Å². The summed E-state index contributed by atoms with van der Waals surface area (Å²) in [5.74, 6) is -0.827. The minimum Gasteiger partial charge on any atom is -0.756 e. The van der Waals surface area contributed by atoms with E-state index in [2.05, 4.69) is 98.9 Å². The largest absolute Gasteiger partial charge is 0.756 e. The number of esters is 2. The monoisotopic (exact) mass is 1140 g/mol. The highest BCUT2D eigenvalue weighted by Gasteiger charge is 2.22. The first-order valence-corrected chi connectivity index (χ1v) is 34.8. The van der Waals surface area contributed by atoms with Gasteiger partial charge < -0.3 is 27.9 Å². The Bertz CT molecular complexity index is 1630. The summed E-state index contributed by atoms with van der Waals surface area (Å²) in [6, 6.07) is 0. The molecule has 0 fully saturated rings. The predicted octanol–water partition coefficient (Wildman–Crippen LogP) is 20.7. The summed E-state index contributed by atoms with van der Waals surface area (Å²) in [5.41, 5.74) is 0. The Morgan fingerprint density at radius 3 is 1.06 bits per heavy atom. The summed E-state index contributed by atoms with van der Waals surface area (Å²) in [4.78, 5) is 38.0. The second kappa shape index (κ2) is 60.8. The normalized spacial score (nSPS) is 13.7. The van der Waals surface area contributed by atoms with Gasteiger partial charge in [-0.05, 0) is 89.9 Å². The van der Waals surface area contributed by atoms with Crippen molar-refractivity contribution < 1.29 is 42.1 Å². The van der Waals surface area contributed by atoms with E-state index in [4.69, 9.17) is 18.5 Å². The molecule has 0 rings (SSSR count). The van der Waals surface area contributed by atoms with Crippen LogP contribution in [0.3, 0.4) is 0 Å². The topological polar surface area (TPSA) is 111 Å². The molecule has 0 radical (unpaired) electrons. The lowest BCUT2D eigenvalue weighted by Crippen LogP contribution is -2.37. The van der Waals surface area contributed by atoms with Crippen LogP contribution < -0.4 is 4.89 Å². The Balaban J connectivity index is 4.08. The van der Waals surface area contributed by atoms with E-state index in [9.17, 15) is 19.0 Å². The lowest BCUT2D eigenvalue weighted by molar-refractivity contribution is -0.870. The molecule has 2 unspecified atom stereocenters. The molecule has 0 aliphatic carbocycles. The van der Waals surface area contributed by atoms with E-state index in [-0.39, 0.29) is 32.0 Å². The van der Waals surface area contributed by atoms with Crippen molar-refractivity contribution in [3.05, 3.63) is 85.1 Å². The molecule has 2 atom stereocenters. The van der Waals surface area contributed by atoms with Crippen molar-refractivity contribution in [3.8, 4) is 0 Å². The number of phosphoric acid groups is 1. The maximum Gasteiger partial charge on any atom is 0.306 e. The molecular formula is C70H126NO8P. The lowest BCUT2D eigenvalue weighted by Gasteiger charge is -2.28. The number of unbranched alkanes of at least 4 members (excludes halogenated alkanes) is 33. The van der Waals surface area contributed by atoms with Gasteiger partial charge in [0, 0.05) is 12.8 Å². The molecule has 0 N–H and O–H groups in total. The number of likely N-dealkylation sites (N-methyl/N-ethyl adjacent to an activating group) is 1. The number of nitrogens with zero attached hydrogens (tertiary/aromatic N) is 1. The zero-order valence-corrected chi connectivity index (χ0v) is 53.7. The van der Waals surface area contributed by atoms with Crippen molar-refractivity contribution in [2.75, 3.05) is 47.5 Å². The van der Waals surface area contributed by atoms with Gasteiger partial charge in [-0.2, -0.15) is 0 Å². The lowest BCUT2D eigenvalue weighted by atomic mass is 10.0. The molecule has 9 nitrogen and oxygen atoms in total. The maximum atomic E-state index is 12.9. The minimum absolute atomic E-state index is 0.0329. The summed E-state index contributed by atoms with van der Waals surface area (Å²) in [7, 11) is 1.17. The SMILES string of the molecule is CC/C=C\C/C=C\C/C=C\C/C=C\C/C=C\CCCCCCCCCCCCCCCC(=O)OC(COC(=O)CCCCCCCCCCCCCCCCC/C=C\C/C=C\CCCCCCC)COP(=O)([O-])OCC[N+](C)(C)C. The molecule has 0 spiro atoms. The Morgan fingerprint density at radius 2 is 0.713 bits per heavy atom. The predicted molar refractivity (Wildman–Crippen MR) is 342 cm³/mol. The van der Waals surface area contributed by atoms with Crippen LogP contribution >= 0.6 is 7.82 Å². The van der Waals surface area contributed by atoms with E-state index in [1.807, 2.05) is 21.1 Å². The smallest absolute Gasteiger partial charge is 0.306 e. The van der Waals surface area contributed by atoms with Gasteiger partial charge in [0.25, 0.3) is 7.82 Å². The van der Waals surface area contributed by atoms with Gasteiger partial charge in [0.1, 0.15) is 19.8 Å². The highest BCUT2D eigenvalue weighted by atomic mass is 31.2. The second-order valence-corrected chi connectivity index (χ2v) is 24.9. The molecule has 80 heavy (non-hydrogen) atoms. The standard InChI is InChI=1S/C70H126NO8P/c1-6-8-10-12-14-16-18-20-22-24-26-28-30-32-34-35-37-39-41-43-45-47-49-51-53-55-57-59-61-63-70(73)79-68(67-78-80(74,75)77-65-64-71(3,4)5)66-76-69(72)62-60-58-56-54-52-50-48-46-44-42-40-38-36-33-31-29-27-25-23-21-19-17-15-13-11-9-7-2/h8,10,14,16,19-22,25-28,32,34,68H,6-7,9,11-13,15,17-18,23-24,29-31,33,35-67H2,1-5H3/b10-8-,16-14-,21-19-,22-20-,27-25-,28-26-,34-32-. The summed E-state index contributed by atoms with van der Waals surface area (Å²) < 4.78 is 34.3. The molecule has 0 heterocycles. The first-order chi connectivity index (χ1) is 39.0. The molecule has 0 aromatic carbocycles. The number of ether oxygens (including phenoxy) is 2. The second-order valence-electron chi connectivity index (χ2n) is 23.5. The summed E-state index contributed by atoms with van der Waals surface area (Å²) >= 11 is 0. The van der Waals surface area contributed by atoms with E-state index in [1.54, 1.807) is 0 Å². The Morgan fingerprint density at radius 1 is 0.400 bits per heavy atom. The number of carbonyl (C=O) groups is 2. The van der Waals surface area contributed by atoms with E-state index < -0.39 is 26.5 Å². The Labute approximate surface area is 494 Å². The van der Waals surface area contributed by atoms with Gasteiger partial charge in [0.05, 0.1) is 27.7 Å². The zero-order chi connectivity index (χ0) is 58.4. The van der Waals surface area contributed by atoms with Crippen LogP contribution in [0.1, 0.15) is 296 Å². The fourth-order valence-electron chi connectivity index (χ4n) is 9.30. The number of rotatable bonds is 61. The molecule has 10 heteroatoms. The number of hydrogen-bond acceptors (Lipinski definition) is 8. The zero-order valence-electron chi connectivity index (χ0n) is 52.8. The van der Waals surface area contributed by atoms with Crippen LogP contribution in [-0.2, 0) is 32.7 Å². The average Bonchev–Trinajstić information content (AvgIpc) is 3.42. The van der Waals surface area contributed by atoms with Crippen molar-refractivity contribution in [1.82, 2.24) is 0 Å². The van der Waals surface area contributed by atoms with Crippen LogP contribution in [-0.4, -0.2) is 70.0 Å². The summed E-state index contributed by atoms with van der Waals surface area (Å²) in [6.45, 7) is 4.15. The molecule has 0 aromatic heterocycles. The van der Waals surface area contributed by atoms with Crippen LogP contribution in [0.25, 0.3) is 0 Å². The molecule has 0 aliphatic rings. The van der Waals surface area contributed by atoms with Gasteiger partial charge in [-0.25, -0.2) is 0 Å². The number of phosphoric ester groups is 1. The van der Waals surface area contributed by atoms with Crippen molar-refractivity contribution in [1.29, 1.82) is 0 Å². The van der Waals surface area contributed by atoms with Crippen molar-refractivity contribution in [2.24, 2.45) is 0 Å². The maximum absolute atomic E-state index is 12.9. The van der Waals surface area contributed by atoms with Gasteiger partial charge >= 0.3 is 11.9 Å². The van der Waals surface area contributed by atoms with Gasteiger partial charge in [-0.15, -0.1) is 0 Å².